The van der Waals surface area contributed by atoms with Crippen LogP contribution in [0.1, 0.15) is 0 Å². The van der Waals surface area contributed by atoms with E-state index in [1.165, 1.54) is 23.3 Å². The molecule has 0 aliphatic rings. The first kappa shape index (κ1) is 9.30. The molecule has 0 amide bonds. The van der Waals surface area contributed by atoms with E-state index in [9.17, 15) is 5.11 Å². The van der Waals surface area contributed by atoms with Crippen LogP contribution in [0.4, 0.5) is 0 Å². The van der Waals surface area contributed by atoms with Crippen molar-refractivity contribution in [2.45, 2.75) is 0 Å². The Hall–Kier alpha value is -1.26. The summed E-state index contributed by atoms with van der Waals surface area (Å²) in [5.74, 6) is -0.0455. The van der Waals surface area contributed by atoms with Crippen molar-refractivity contribution in [1.29, 1.82) is 0 Å². The van der Waals surface area contributed by atoms with Crippen molar-refractivity contribution >= 4 is 23.2 Å². The van der Waals surface area contributed by atoms with Crippen LogP contribution in [0.5, 0.6) is 5.75 Å². The van der Waals surface area contributed by atoms with Crippen LogP contribution in [0.2, 0.25) is 10.0 Å². The molecule has 2 aromatic rings. The molecule has 0 fully saturated rings. The highest BCUT2D eigenvalue weighted by Crippen LogP contribution is 2.33. The first-order chi connectivity index (χ1) is 6.68. The number of aromatic hydroxyl groups is 1. The molecule has 1 heterocycles. The molecule has 4 nitrogen and oxygen atoms in total. The van der Waals surface area contributed by atoms with Crippen molar-refractivity contribution in [3.63, 3.8) is 0 Å². The van der Waals surface area contributed by atoms with Gasteiger partial charge in [-0.15, -0.1) is 10.2 Å². The average molecular weight is 230 g/mol. The molecule has 0 saturated carbocycles. The highest BCUT2D eigenvalue weighted by molar-refractivity contribution is 6.35. The van der Waals surface area contributed by atoms with Gasteiger partial charge >= 0.3 is 0 Å². The molecule has 0 saturated heterocycles. The van der Waals surface area contributed by atoms with Crippen molar-refractivity contribution in [2.75, 3.05) is 0 Å². The third kappa shape index (κ3) is 1.54. The fraction of sp³-hybridized carbons (Fsp3) is 0. The van der Waals surface area contributed by atoms with E-state index in [-0.39, 0.29) is 10.8 Å². The number of hydrogen-bond acceptors (Lipinski definition) is 3. The van der Waals surface area contributed by atoms with Crippen LogP contribution < -0.4 is 0 Å². The third-order valence-corrected chi connectivity index (χ3v) is 2.21. The van der Waals surface area contributed by atoms with E-state index in [2.05, 4.69) is 10.2 Å². The highest BCUT2D eigenvalue weighted by atomic mass is 35.5. The summed E-state index contributed by atoms with van der Waals surface area (Å²) in [5.41, 5.74) is 0.451. The lowest BCUT2D eigenvalue weighted by molar-refractivity contribution is 0.472. The van der Waals surface area contributed by atoms with Crippen LogP contribution in [-0.4, -0.2) is 19.9 Å². The highest BCUT2D eigenvalue weighted by Gasteiger charge is 2.09. The van der Waals surface area contributed by atoms with Crippen molar-refractivity contribution in [2.24, 2.45) is 0 Å². The second-order valence-corrected chi connectivity index (χ2v) is 3.47. The Labute approximate surface area is 89.7 Å². The zero-order chi connectivity index (χ0) is 10.1. The van der Waals surface area contributed by atoms with Gasteiger partial charge in [-0.25, -0.2) is 0 Å². The van der Waals surface area contributed by atoms with Crippen LogP contribution in [0.25, 0.3) is 5.69 Å². The maximum atomic E-state index is 9.63. The summed E-state index contributed by atoms with van der Waals surface area (Å²) >= 11 is 11.5. The van der Waals surface area contributed by atoms with Gasteiger partial charge in [0.2, 0.25) is 0 Å². The lowest BCUT2D eigenvalue weighted by Gasteiger charge is -2.06. The maximum Gasteiger partial charge on any atom is 0.158 e. The largest absolute Gasteiger partial charge is 0.504 e. The number of aromatic nitrogens is 3. The molecule has 0 spiro atoms. The lowest BCUT2D eigenvalue weighted by atomic mass is 10.3. The SMILES string of the molecule is Oc1c(Cl)cc(Cl)cc1-n1cnnc1. The molecule has 14 heavy (non-hydrogen) atoms. The Balaban J connectivity index is 2.64. The van der Waals surface area contributed by atoms with Crippen molar-refractivity contribution in [3.05, 3.63) is 34.8 Å². The normalized spacial score (nSPS) is 10.4. The van der Waals surface area contributed by atoms with Crippen molar-refractivity contribution in [1.82, 2.24) is 14.8 Å². The summed E-state index contributed by atoms with van der Waals surface area (Å²) in [5, 5.41) is 17.5. The lowest BCUT2D eigenvalue weighted by Crippen LogP contribution is -1.91. The second kappa shape index (κ2) is 3.48. The Kier molecular flexibility index (Phi) is 2.31. The van der Waals surface area contributed by atoms with Gasteiger partial charge in [-0.1, -0.05) is 23.2 Å². The molecule has 1 aromatic carbocycles. The van der Waals surface area contributed by atoms with E-state index in [0.29, 0.717) is 10.7 Å². The molecule has 2 rings (SSSR count). The molecule has 0 aliphatic heterocycles. The Morgan fingerprint density at radius 1 is 1.14 bits per heavy atom. The minimum absolute atomic E-state index is 0.0455. The summed E-state index contributed by atoms with van der Waals surface area (Å²) in [6.07, 6.45) is 2.89. The Morgan fingerprint density at radius 2 is 1.79 bits per heavy atom. The van der Waals surface area contributed by atoms with E-state index < -0.39 is 0 Å². The van der Waals surface area contributed by atoms with E-state index in [1.807, 2.05) is 0 Å². The molecule has 0 unspecified atom stereocenters. The number of phenolic OH excluding ortho intramolecular Hbond substituents is 1. The van der Waals surface area contributed by atoms with Crippen LogP contribution in [-0.2, 0) is 0 Å². The van der Waals surface area contributed by atoms with Crippen molar-refractivity contribution in [3.8, 4) is 11.4 Å². The summed E-state index contributed by atoms with van der Waals surface area (Å²) in [6.45, 7) is 0. The smallest absolute Gasteiger partial charge is 0.158 e. The van der Waals surface area contributed by atoms with Gasteiger partial charge in [-0.3, -0.25) is 4.57 Å². The standard InChI is InChI=1S/C8H5Cl2N3O/c9-5-1-6(10)8(14)7(2-5)13-3-11-12-4-13/h1-4,14H. The number of rotatable bonds is 1. The number of nitrogens with zero attached hydrogens (tertiary/aromatic N) is 3. The van der Waals surface area contributed by atoms with Gasteiger partial charge in [0.15, 0.2) is 5.75 Å². The molecular weight excluding hydrogens is 225 g/mol. The molecule has 0 atom stereocenters. The van der Waals surface area contributed by atoms with Gasteiger partial charge < -0.3 is 5.11 Å². The molecule has 6 heteroatoms. The van der Waals surface area contributed by atoms with Crippen LogP contribution in [0, 0.1) is 0 Å². The fourth-order valence-electron chi connectivity index (χ4n) is 1.07. The van der Waals surface area contributed by atoms with Crippen LogP contribution in [0.15, 0.2) is 24.8 Å². The van der Waals surface area contributed by atoms with Crippen molar-refractivity contribution < 1.29 is 5.11 Å². The number of halogens is 2. The van der Waals surface area contributed by atoms with Gasteiger partial charge in [0, 0.05) is 5.02 Å². The van der Waals surface area contributed by atoms with Gasteiger partial charge in [-0.05, 0) is 12.1 Å². The number of phenols is 1. The Bertz CT molecular complexity index is 456. The minimum Gasteiger partial charge on any atom is -0.504 e. The molecule has 1 aromatic heterocycles. The quantitative estimate of drug-likeness (QED) is 0.817. The summed E-state index contributed by atoms with van der Waals surface area (Å²) < 4.78 is 1.52. The molecular formula is C8H5Cl2N3O. The monoisotopic (exact) mass is 229 g/mol. The van der Waals surface area contributed by atoms with E-state index in [4.69, 9.17) is 23.2 Å². The first-order valence-corrected chi connectivity index (χ1v) is 4.47. The average Bonchev–Trinajstić information content (AvgIpc) is 2.63. The predicted molar refractivity (Wildman–Crippen MR) is 53.0 cm³/mol. The second-order valence-electron chi connectivity index (χ2n) is 2.62. The van der Waals surface area contributed by atoms with E-state index >= 15 is 0 Å². The van der Waals surface area contributed by atoms with Crippen LogP contribution in [0.3, 0.4) is 0 Å². The van der Waals surface area contributed by atoms with Gasteiger partial charge in [-0.2, -0.15) is 0 Å². The molecule has 0 bridgehead atoms. The number of hydrogen-bond donors (Lipinski definition) is 1. The maximum absolute atomic E-state index is 9.63. The van der Waals surface area contributed by atoms with Gasteiger partial charge in [0.25, 0.3) is 0 Å². The summed E-state index contributed by atoms with van der Waals surface area (Å²) in [6, 6.07) is 3.04. The van der Waals surface area contributed by atoms with Gasteiger partial charge in [0.05, 0.1) is 10.7 Å². The fourth-order valence-corrected chi connectivity index (χ4v) is 1.56. The summed E-state index contributed by atoms with van der Waals surface area (Å²) in [7, 11) is 0. The van der Waals surface area contributed by atoms with Crippen LogP contribution >= 0.6 is 23.2 Å². The van der Waals surface area contributed by atoms with Gasteiger partial charge in [0.1, 0.15) is 12.7 Å². The Morgan fingerprint density at radius 3 is 2.43 bits per heavy atom. The molecule has 72 valence electrons. The van der Waals surface area contributed by atoms with E-state index in [0.717, 1.165) is 0 Å². The zero-order valence-electron chi connectivity index (χ0n) is 6.85. The molecule has 1 N–H and O–H groups in total. The third-order valence-electron chi connectivity index (χ3n) is 1.70. The minimum atomic E-state index is -0.0455. The first-order valence-electron chi connectivity index (χ1n) is 3.71. The van der Waals surface area contributed by atoms with E-state index in [1.54, 1.807) is 6.07 Å². The predicted octanol–water partition coefficient (Wildman–Crippen LogP) is 2.28. The molecule has 0 aliphatic carbocycles. The number of benzene rings is 1. The topological polar surface area (TPSA) is 50.9 Å². The molecule has 0 radical (unpaired) electrons. The zero-order valence-corrected chi connectivity index (χ0v) is 8.37. The summed E-state index contributed by atoms with van der Waals surface area (Å²) in [4.78, 5) is 0.